The van der Waals surface area contributed by atoms with Gasteiger partial charge in [0.15, 0.2) is 11.6 Å². The number of rotatable bonds is 5. The maximum Gasteiger partial charge on any atom is 0.200 e. The van der Waals surface area contributed by atoms with Crippen LogP contribution in [0.1, 0.15) is 89.5 Å². The Balaban J connectivity index is 1.26. The van der Waals surface area contributed by atoms with Crippen LogP contribution in [-0.4, -0.2) is 5.11 Å². The third-order valence-corrected chi connectivity index (χ3v) is 8.47. The van der Waals surface area contributed by atoms with Crippen molar-refractivity contribution in [2.24, 2.45) is 29.6 Å². The normalized spacial score (nSPS) is 32.2. The van der Waals surface area contributed by atoms with Crippen molar-refractivity contribution < 1.29 is 13.9 Å². The summed E-state index contributed by atoms with van der Waals surface area (Å²) in [6.45, 7) is 2.22. The first-order chi connectivity index (χ1) is 15.1. The van der Waals surface area contributed by atoms with Gasteiger partial charge in [-0.1, -0.05) is 25.2 Å². The molecule has 1 unspecified atom stereocenters. The zero-order valence-corrected chi connectivity index (χ0v) is 19.0. The molecule has 1 aromatic rings. The topological polar surface area (TPSA) is 20.2 Å². The SMILES string of the molecule is CC/C=C/C1CCC(C2CCC(C3CC=C(c4ccc(O)c(F)c4F)CC3)CC2)CC1. The van der Waals surface area contributed by atoms with E-state index >= 15 is 0 Å². The standard InChI is InChI=1S/C28H38F2O/c1-2-3-4-19-5-7-20(8-6-19)21-9-11-22(12-10-21)23-13-15-24(16-14-23)25-17-18-26(31)28(30)27(25)29/h3-4,15,17-23,31H,2,5-14,16H2,1H3/b4-3+. The number of allylic oxidation sites excluding steroid dienone is 4. The monoisotopic (exact) mass is 428 g/mol. The molecule has 4 rings (SSSR count). The molecule has 0 aliphatic heterocycles. The van der Waals surface area contributed by atoms with E-state index in [0.29, 0.717) is 11.5 Å². The van der Waals surface area contributed by atoms with Gasteiger partial charge in [-0.25, -0.2) is 4.39 Å². The summed E-state index contributed by atoms with van der Waals surface area (Å²) in [5.41, 5.74) is 1.22. The van der Waals surface area contributed by atoms with Crippen LogP contribution in [0.5, 0.6) is 5.75 Å². The molecule has 0 heterocycles. The smallest absolute Gasteiger partial charge is 0.200 e. The Hall–Kier alpha value is -1.64. The van der Waals surface area contributed by atoms with Crippen LogP contribution in [0.25, 0.3) is 5.57 Å². The average Bonchev–Trinajstić information content (AvgIpc) is 2.82. The second-order valence-corrected chi connectivity index (χ2v) is 10.2. The van der Waals surface area contributed by atoms with E-state index in [2.05, 4.69) is 25.2 Å². The first-order valence-corrected chi connectivity index (χ1v) is 12.6. The molecule has 2 fully saturated rings. The van der Waals surface area contributed by atoms with Gasteiger partial charge in [0.05, 0.1) is 0 Å². The maximum absolute atomic E-state index is 14.2. The largest absolute Gasteiger partial charge is 0.505 e. The van der Waals surface area contributed by atoms with Crippen molar-refractivity contribution >= 4 is 5.57 Å². The summed E-state index contributed by atoms with van der Waals surface area (Å²) >= 11 is 0. The summed E-state index contributed by atoms with van der Waals surface area (Å²) in [6, 6.07) is 2.77. The highest BCUT2D eigenvalue weighted by molar-refractivity contribution is 5.67. The second-order valence-electron chi connectivity index (χ2n) is 10.2. The number of benzene rings is 1. The number of phenolic OH excluding ortho intramolecular Hbond substituents is 1. The Morgan fingerprint density at radius 1 is 0.839 bits per heavy atom. The van der Waals surface area contributed by atoms with E-state index < -0.39 is 17.4 Å². The van der Waals surface area contributed by atoms with Gasteiger partial charge in [0.2, 0.25) is 5.82 Å². The van der Waals surface area contributed by atoms with Crippen LogP contribution in [0.2, 0.25) is 0 Å². The first-order valence-electron chi connectivity index (χ1n) is 12.6. The van der Waals surface area contributed by atoms with Crippen molar-refractivity contribution in [2.75, 3.05) is 0 Å². The Bertz CT molecular complexity index is 795. The molecule has 1 atom stereocenters. The fourth-order valence-corrected chi connectivity index (χ4v) is 6.54. The fraction of sp³-hybridized carbons (Fsp3) is 0.643. The lowest BCUT2D eigenvalue weighted by Gasteiger charge is -2.40. The highest BCUT2D eigenvalue weighted by Crippen LogP contribution is 2.46. The first kappa shape index (κ1) is 22.6. The van der Waals surface area contributed by atoms with Crippen LogP contribution in [0, 0.1) is 41.2 Å². The highest BCUT2D eigenvalue weighted by Gasteiger charge is 2.33. The molecule has 170 valence electrons. The van der Waals surface area contributed by atoms with E-state index in [1.165, 1.54) is 63.5 Å². The molecule has 1 nitrogen and oxygen atoms in total. The molecule has 3 aliphatic rings. The lowest BCUT2D eigenvalue weighted by atomic mass is 9.66. The van der Waals surface area contributed by atoms with Crippen molar-refractivity contribution in [3.63, 3.8) is 0 Å². The molecule has 0 aromatic heterocycles. The molecular weight excluding hydrogens is 390 g/mol. The van der Waals surface area contributed by atoms with Crippen LogP contribution in [-0.2, 0) is 0 Å². The molecule has 2 saturated carbocycles. The van der Waals surface area contributed by atoms with Gasteiger partial charge >= 0.3 is 0 Å². The minimum atomic E-state index is -1.13. The molecule has 1 N–H and O–H groups in total. The predicted octanol–water partition coefficient (Wildman–Crippen LogP) is 8.43. The van der Waals surface area contributed by atoms with Crippen LogP contribution < -0.4 is 0 Å². The molecule has 0 spiro atoms. The van der Waals surface area contributed by atoms with Crippen molar-refractivity contribution in [2.45, 2.75) is 84.0 Å². The maximum atomic E-state index is 14.2. The molecule has 0 bridgehead atoms. The summed E-state index contributed by atoms with van der Waals surface area (Å²) in [6.07, 6.45) is 22.0. The molecule has 3 heteroatoms. The van der Waals surface area contributed by atoms with E-state index in [1.807, 2.05) is 0 Å². The van der Waals surface area contributed by atoms with Crippen molar-refractivity contribution in [1.29, 1.82) is 0 Å². The molecule has 31 heavy (non-hydrogen) atoms. The van der Waals surface area contributed by atoms with Crippen LogP contribution >= 0.6 is 0 Å². The van der Waals surface area contributed by atoms with Gasteiger partial charge in [-0.15, -0.1) is 0 Å². The van der Waals surface area contributed by atoms with Crippen molar-refractivity contribution in [3.8, 4) is 5.75 Å². The van der Waals surface area contributed by atoms with Crippen molar-refractivity contribution in [3.05, 3.63) is 47.6 Å². The lowest BCUT2D eigenvalue weighted by Crippen LogP contribution is -2.28. The molecule has 0 saturated heterocycles. The number of phenols is 1. The zero-order chi connectivity index (χ0) is 21.8. The number of aromatic hydroxyl groups is 1. The Kier molecular flexibility index (Phi) is 7.51. The average molecular weight is 429 g/mol. The fourth-order valence-electron chi connectivity index (χ4n) is 6.54. The van der Waals surface area contributed by atoms with Gasteiger partial charge in [-0.05, 0) is 124 Å². The number of hydrogen-bond acceptors (Lipinski definition) is 1. The van der Waals surface area contributed by atoms with E-state index in [0.717, 1.165) is 54.9 Å². The summed E-state index contributed by atoms with van der Waals surface area (Å²) in [5, 5.41) is 9.36. The minimum absolute atomic E-state index is 0.321. The summed E-state index contributed by atoms with van der Waals surface area (Å²) in [4.78, 5) is 0. The molecule has 1 aromatic carbocycles. The van der Waals surface area contributed by atoms with Gasteiger partial charge < -0.3 is 5.11 Å². The Labute approximate surface area is 186 Å². The molecular formula is C28H38F2O. The van der Waals surface area contributed by atoms with Crippen molar-refractivity contribution in [1.82, 2.24) is 0 Å². The minimum Gasteiger partial charge on any atom is -0.505 e. The summed E-state index contributed by atoms with van der Waals surface area (Å²) in [5.74, 6) is 1.51. The van der Waals surface area contributed by atoms with Gasteiger partial charge in [-0.3, -0.25) is 0 Å². The third-order valence-electron chi connectivity index (χ3n) is 8.47. The van der Waals surface area contributed by atoms with Gasteiger partial charge in [-0.2, -0.15) is 4.39 Å². The van der Waals surface area contributed by atoms with Crippen LogP contribution in [0.4, 0.5) is 8.78 Å². The van der Waals surface area contributed by atoms with Crippen LogP contribution in [0.3, 0.4) is 0 Å². The molecule has 0 radical (unpaired) electrons. The van der Waals surface area contributed by atoms with Gasteiger partial charge in [0.1, 0.15) is 0 Å². The quantitative estimate of drug-likeness (QED) is 0.467. The Morgan fingerprint density at radius 2 is 1.45 bits per heavy atom. The Morgan fingerprint density at radius 3 is 2.03 bits per heavy atom. The molecule has 0 amide bonds. The second kappa shape index (κ2) is 10.3. The predicted molar refractivity (Wildman–Crippen MR) is 124 cm³/mol. The zero-order valence-electron chi connectivity index (χ0n) is 19.0. The highest BCUT2D eigenvalue weighted by atomic mass is 19.2. The van der Waals surface area contributed by atoms with E-state index in [9.17, 15) is 13.9 Å². The number of halogens is 2. The van der Waals surface area contributed by atoms with Crippen LogP contribution in [0.15, 0.2) is 30.4 Å². The number of hydrogen-bond donors (Lipinski definition) is 1. The van der Waals surface area contributed by atoms with Gasteiger partial charge in [0, 0.05) is 5.56 Å². The van der Waals surface area contributed by atoms with Gasteiger partial charge in [0.25, 0.3) is 0 Å². The lowest BCUT2D eigenvalue weighted by molar-refractivity contribution is 0.128. The summed E-state index contributed by atoms with van der Waals surface area (Å²) in [7, 11) is 0. The summed E-state index contributed by atoms with van der Waals surface area (Å²) < 4.78 is 27.9. The van der Waals surface area contributed by atoms with E-state index in [4.69, 9.17) is 0 Å². The molecule has 3 aliphatic carbocycles. The van der Waals surface area contributed by atoms with E-state index in [-0.39, 0.29) is 0 Å². The van der Waals surface area contributed by atoms with E-state index in [1.54, 1.807) is 0 Å². The third kappa shape index (κ3) is 5.23.